The van der Waals surface area contributed by atoms with Gasteiger partial charge in [0, 0.05) is 12.5 Å². The van der Waals surface area contributed by atoms with Crippen LogP contribution in [0.1, 0.15) is 44.9 Å². The van der Waals surface area contributed by atoms with Crippen LogP contribution in [-0.4, -0.2) is 11.9 Å². The average molecular weight is 167 g/mol. The highest BCUT2D eigenvalue weighted by atomic mass is 16.1. The molecule has 0 aromatic carbocycles. The van der Waals surface area contributed by atoms with E-state index in [0.717, 1.165) is 18.8 Å². The van der Waals surface area contributed by atoms with Gasteiger partial charge in [0.1, 0.15) is 0 Å². The molecule has 2 aliphatic rings. The van der Waals surface area contributed by atoms with Crippen molar-refractivity contribution in [3.63, 3.8) is 0 Å². The van der Waals surface area contributed by atoms with Crippen LogP contribution in [0.3, 0.4) is 0 Å². The average Bonchev–Trinajstić information content (AvgIpc) is 2.54. The van der Waals surface area contributed by atoms with Crippen molar-refractivity contribution in [1.82, 2.24) is 5.32 Å². The molecule has 0 radical (unpaired) electrons. The SMILES string of the molecule is O=C1CCC(C2CCCCC2)N1. The van der Waals surface area contributed by atoms with Crippen LogP contribution in [0.25, 0.3) is 0 Å². The molecule has 2 heteroatoms. The van der Waals surface area contributed by atoms with Crippen molar-refractivity contribution in [2.75, 3.05) is 0 Å². The molecular formula is C10H17NO. The molecule has 2 nitrogen and oxygen atoms in total. The molecule has 12 heavy (non-hydrogen) atoms. The Balaban J connectivity index is 1.86. The van der Waals surface area contributed by atoms with E-state index in [0.29, 0.717) is 6.04 Å². The highest BCUT2D eigenvalue weighted by Gasteiger charge is 2.29. The third kappa shape index (κ3) is 1.62. The van der Waals surface area contributed by atoms with Crippen LogP contribution in [0.2, 0.25) is 0 Å². The molecule has 1 amide bonds. The standard InChI is InChI=1S/C10H17NO/c12-10-7-6-9(11-10)8-4-2-1-3-5-8/h8-9H,1-7H2,(H,11,12). The summed E-state index contributed by atoms with van der Waals surface area (Å²) in [5.74, 6) is 1.07. The molecule has 0 aromatic heterocycles. The summed E-state index contributed by atoms with van der Waals surface area (Å²) in [6.45, 7) is 0. The number of rotatable bonds is 1. The molecule has 1 atom stereocenters. The Morgan fingerprint density at radius 3 is 2.42 bits per heavy atom. The first-order chi connectivity index (χ1) is 5.86. The van der Waals surface area contributed by atoms with E-state index in [1.165, 1.54) is 32.1 Å². The maximum absolute atomic E-state index is 11.0. The molecule has 2 rings (SSSR count). The predicted molar refractivity (Wildman–Crippen MR) is 47.7 cm³/mol. The first-order valence-corrected chi connectivity index (χ1v) is 5.15. The van der Waals surface area contributed by atoms with Crippen LogP contribution in [-0.2, 0) is 4.79 Å². The number of nitrogens with one attached hydrogen (secondary N) is 1. The van der Waals surface area contributed by atoms with Gasteiger partial charge in [0.05, 0.1) is 0 Å². The van der Waals surface area contributed by atoms with Crippen molar-refractivity contribution in [2.24, 2.45) is 5.92 Å². The lowest BCUT2D eigenvalue weighted by Crippen LogP contribution is -2.33. The van der Waals surface area contributed by atoms with Gasteiger partial charge < -0.3 is 5.32 Å². The fraction of sp³-hybridized carbons (Fsp3) is 0.900. The lowest BCUT2D eigenvalue weighted by molar-refractivity contribution is -0.119. The van der Waals surface area contributed by atoms with E-state index < -0.39 is 0 Å². The smallest absolute Gasteiger partial charge is 0.220 e. The Bertz CT molecular complexity index is 173. The van der Waals surface area contributed by atoms with Crippen molar-refractivity contribution in [2.45, 2.75) is 51.0 Å². The van der Waals surface area contributed by atoms with Gasteiger partial charge in [-0.1, -0.05) is 19.3 Å². The van der Waals surface area contributed by atoms with E-state index >= 15 is 0 Å². The zero-order chi connectivity index (χ0) is 8.39. The summed E-state index contributed by atoms with van der Waals surface area (Å²) >= 11 is 0. The monoisotopic (exact) mass is 167 g/mol. The minimum absolute atomic E-state index is 0.269. The van der Waals surface area contributed by atoms with Gasteiger partial charge >= 0.3 is 0 Å². The number of carbonyl (C=O) groups excluding carboxylic acids is 1. The highest BCUT2D eigenvalue weighted by molar-refractivity contribution is 5.78. The molecule has 1 unspecified atom stereocenters. The number of hydrogen-bond donors (Lipinski definition) is 1. The first kappa shape index (κ1) is 8.09. The largest absolute Gasteiger partial charge is 0.353 e. The molecule has 1 heterocycles. The number of hydrogen-bond acceptors (Lipinski definition) is 1. The summed E-state index contributed by atoms with van der Waals surface area (Å²) in [7, 11) is 0. The Hall–Kier alpha value is -0.530. The second-order valence-electron chi connectivity index (χ2n) is 4.11. The molecule has 1 saturated heterocycles. The van der Waals surface area contributed by atoms with E-state index in [1.807, 2.05) is 0 Å². The molecule has 0 spiro atoms. The van der Waals surface area contributed by atoms with Crippen molar-refractivity contribution >= 4 is 5.91 Å². The number of carbonyl (C=O) groups is 1. The van der Waals surface area contributed by atoms with Gasteiger partial charge in [-0.3, -0.25) is 4.79 Å². The molecule has 2 fully saturated rings. The van der Waals surface area contributed by atoms with Gasteiger partial charge in [-0.15, -0.1) is 0 Å². The van der Waals surface area contributed by atoms with Gasteiger partial charge in [-0.25, -0.2) is 0 Å². The van der Waals surface area contributed by atoms with Gasteiger partial charge in [-0.05, 0) is 25.2 Å². The molecule has 1 N–H and O–H groups in total. The zero-order valence-electron chi connectivity index (χ0n) is 7.51. The summed E-state index contributed by atoms with van der Waals surface area (Å²) in [6, 6.07) is 0.526. The van der Waals surface area contributed by atoms with Crippen LogP contribution >= 0.6 is 0 Å². The fourth-order valence-corrected chi connectivity index (χ4v) is 2.53. The lowest BCUT2D eigenvalue weighted by Gasteiger charge is -2.26. The van der Waals surface area contributed by atoms with Gasteiger partial charge in [0.25, 0.3) is 0 Å². The summed E-state index contributed by atoms with van der Waals surface area (Å²) in [5, 5.41) is 3.08. The fourth-order valence-electron chi connectivity index (χ4n) is 2.53. The third-order valence-corrected chi connectivity index (χ3v) is 3.25. The Kier molecular flexibility index (Phi) is 2.33. The maximum atomic E-state index is 11.0. The van der Waals surface area contributed by atoms with Crippen LogP contribution in [0, 0.1) is 5.92 Å². The molecule has 0 aromatic rings. The van der Waals surface area contributed by atoms with E-state index in [2.05, 4.69) is 5.32 Å². The van der Waals surface area contributed by atoms with Crippen LogP contribution in [0.15, 0.2) is 0 Å². The number of amides is 1. The second kappa shape index (κ2) is 3.46. The molecule has 68 valence electrons. The summed E-state index contributed by atoms with van der Waals surface area (Å²) in [4.78, 5) is 11.0. The Morgan fingerprint density at radius 1 is 1.08 bits per heavy atom. The van der Waals surface area contributed by atoms with Crippen molar-refractivity contribution in [3.8, 4) is 0 Å². The van der Waals surface area contributed by atoms with Crippen LogP contribution < -0.4 is 5.32 Å². The normalized spacial score (nSPS) is 32.0. The Morgan fingerprint density at radius 2 is 1.83 bits per heavy atom. The molecule has 0 bridgehead atoms. The van der Waals surface area contributed by atoms with Crippen LogP contribution in [0.5, 0.6) is 0 Å². The van der Waals surface area contributed by atoms with Gasteiger partial charge in [0.2, 0.25) is 5.91 Å². The summed E-state index contributed by atoms with van der Waals surface area (Å²) < 4.78 is 0. The molecular weight excluding hydrogens is 150 g/mol. The molecule has 1 aliphatic heterocycles. The summed E-state index contributed by atoms with van der Waals surface area (Å²) in [5.41, 5.74) is 0. The van der Waals surface area contributed by atoms with E-state index in [9.17, 15) is 4.79 Å². The topological polar surface area (TPSA) is 29.1 Å². The minimum Gasteiger partial charge on any atom is -0.353 e. The van der Waals surface area contributed by atoms with Crippen LogP contribution in [0.4, 0.5) is 0 Å². The molecule has 1 aliphatic carbocycles. The van der Waals surface area contributed by atoms with Gasteiger partial charge in [-0.2, -0.15) is 0 Å². The highest BCUT2D eigenvalue weighted by Crippen LogP contribution is 2.29. The summed E-state index contributed by atoms with van der Waals surface area (Å²) in [6.07, 6.45) is 8.67. The Labute approximate surface area is 73.7 Å². The van der Waals surface area contributed by atoms with E-state index in [-0.39, 0.29) is 5.91 Å². The molecule has 1 saturated carbocycles. The maximum Gasteiger partial charge on any atom is 0.220 e. The second-order valence-corrected chi connectivity index (χ2v) is 4.11. The van der Waals surface area contributed by atoms with E-state index in [4.69, 9.17) is 0 Å². The minimum atomic E-state index is 0.269. The lowest BCUT2D eigenvalue weighted by atomic mass is 9.83. The first-order valence-electron chi connectivity index (χ1n) is 5.15. The zero-order valence-corrected chi connectivity index (χ0v) is 7.51. The van der Waals surface area contributed by atoms with Gasteiger partial charge in [0.15, 0.2) is 0 Å². The predicted octanol–water partition coefficient (Wildman–Crippen LogP) is 1.85. The van der Waals surface area contributed by atoms with Crippen molar-refractivity contribution in [3.05, 3.63) is 0 Å². The van der Waals surface area contributed by atoms with Crippen molar-refractivity contribution < 1.29 is 4.79 Å². The third-order valence-electron chi connectivity index (χ3n) is 3.25. The quantitative estimate of drug-likeness (QED) is 0.634. The van der Waals surface area contributed by atoms with Crippen molar-refractivity contribution in [1.29, 1.82) is 0 Å². The van der Waals surface area contributed by atoms with E-state index in [1.54, 1.807) is 0 Å².